The Labute approximate surface area is 155 Å². The molecule has 4 rings (SSSR count). The van der Waals surface area contributed by atoms with Crippen LogP contribution in [-0.2, 0) is 6.54 Å². The van der Waals surface area contributed by atoms with Gasteiger partial charge in [0.1, 0.15) is 0 Å². The van der Waals surface area contributed by atoms with Crippen molar-refractivity contribution < 1.29 is 4.79 Å². The van der Waals surface area contributed by atoms with E-state index in [9.17, 15) is 4.79 Å². The number of rotatable bonds is 4. The number of anilines is 1. The van der Waals surface area contributed by atoms with Gasteiger partial charge in [-0.25, -0.2) is 0 Å². The van der Waals surface area contributed by atoms with Crippen LogP contribution in [-0.4, -0.2) is 61.0 Å². The lowest BCUT2D eigenvalue weighted by atomic mass is 10.0. The summed E-state index contributed by atoms with van der Waals surface area (Å²) in [5.74, 6) is 1.34. The molecule has 0 aliphatic carbocycles. The van der Waals surface area contributed by atoms with Crippen LogP contribution < -0.4 is 4.90 Å². The third-order valence-electron chi connectivity index (χ3n) is 5.64. The first-order valence-corrected chi connectivity index (χ1v) is 9.28. The minimum atomic E-state index is 0.146. The number of likely N-dealkylation sites (tertiary alicyclic amines) is 2. The number of benzene rings is 1. The molecule has 2 atom stereocenters. The molecule has 3 heterocycles. The van der Waals surface area contributed by atoms with Crippen molar-refractivity contribution in [3.8, 4) is 0 Å². The first-order valence-electron chi connectivity index (χ1n) is 9.28. The lowest BCUT2D eigenvalue weighted by Gasteiger charge is -2.22. The number of hydrogen-bond donors (Lipinski definition) is 0. The first kappa shape index (κ1) is 17.0. The second-order valence-corrected chi connectivity index (χ2v) is 7.72. The summed E-state index contributed by atoms with van der Waals surface area (Å²) in [5.41, 5.74) is 3.34. The molecule has 2 saturated heterocycles. The van der Waals surface area contributed by atoms with Gasteiger partial charge in [0, 0.05) is 70.5 Å². The number of amides is 1. The summed E-state index contributed by atoms with van der Waals surface area (Å²) < 4.78 is 0. The fourth-order valence-corrected chi connectivity index (χ4v) is 4.22. The predicted molar refractivity (Wildman–Crippen MR) is 103 cm³/mol. The third-order valence-corrected chi connectivity index (χ3v) is 5.64. The van der Waals surface area contributed by atoms with Crippen molar-refractivity contribution in [2.75, 3.05) is 45.2 Å². The van der Waals surface area contributed by atoms with Gasteiger partial charge in [-0.15, -0.1) is 0 Å². The molecule has 0 spiro atoms. The van der Waals surface area contributed by atoms with E-state index in [-0.39, 0.29) is 5.91 Å². The lowest BCUT2D eigenvalue weighted by Crippen LogP contribution is -2.33. The number of carbonyl (C=O) groups excluding carboxylic acids is 1. The number of pyridine rings is 1. The van der Waals surface area contributed by atoms with Crippen LogP contribution in [0.4, 0.5) is 5.69 Å². The molecule has 26 heavy (non-hydrogen) atoms. The summed E-state index contributed by atoms with van der Waals surface area (Å²) >= 11 is 0. The molecule has 2 aliphatic rings. The van der Waals surface area contributed by atoms with Gasteiger partial charge < -0.3 is 9.80 Å². The molecule has 1 aromatic carbocycles. The summed E-state index contributed by atoms with van der Waals surface area (Å²) in [6.45, 7) is 4.92. The van der Waals surface area contributed by atoms with E-state index in [4.69, 9.17) is 0 Å². The van der Waals surface area contributed by atoms with Crippen molar-refractivity contribution >= 4 is 11.6 Å². The van der Waals surface area contributed by atoms with Gasteiger partial charge in [-0.05, 0) is 41.7 Å². The SMILES string of the molecule is CN(C)c1ccc(CN2C[C@H]3CN(C(=O)c4ccncc4)C[C@@H]3C2)cc1. The van der Waals surface area contributed by atoms with E-state index in [2.05, 4.69) is 53.1 Å². The Balaban J connectivity index is 1.33. The minimum Gasteiger partial charge on any atom is -0.378 e. The van der Waals surface area contributed by atoms with Crippen LogP contribution >= 0.6 is 0 Å². The van der Waals surface area contributed by atoms with Crippen LogP contribution in [0.2, 0.25) is 0 Å². The predicted octanol–water partition coefficient (Wildman–Crippen LogP) is 2.35. The van der Waals surface area contributed by atoms with E-state index in [0.717, 1.165) is 38.3 Å². The fourth-order valence-electron chi connectivity index (χ4n) is 4.22. The van der Waals surface area contributed by atoms with Crippen LogP contribution in [0.15, 0.2) is 48.8 Å². The molecule has 136 valence electrons. The van der Waals surface area contributed by atoms with Crippen LogP contribution in [0.3, 0.4) is 0 Å². The Morgan fingerprint density at radius 2 is 1.62 bits per heavy atom. The van der Waals surface area contributed by atoms with Crippen LogP contribution in [0.25, 0.3) is 0 Å². The maximum atomic E-state index is 12.6. The van der Waals surface area contributed by atoms with Gasteiger partial charge in [0.2, 0.25) is 0 Å². The molecule has 2 aromatic rings. The molecule has 0 bridgehead atoms. The zero-order valence-electron chi connectivity index (χ0n) is 15.5. The van der Waals surface area contributed by atoms with Crippen molar-refractivity contribution in [1.82, 2.24) is 14.8 Å². The topological polar surface area (TPSA) is 39.7 Å². The molecule has 5 nitrogen and oxygen atoms in total. The fraction of sp³-hybridized carbons (Fsp3) is 0.429. The number of fused-ring (bicyclic) bond motifs is 1. The number of hydrogen-bond acceptors (Lipinski definition) is 4. The van der Waals surface area contributed by atoms with Crippen molar-refractivity contribution in [2.24, 2.45) is 11.8 Å². The normalized spacial score (nSPS) is 22.5. The van der Waals surface area contributed by atoms with Crippen molar-refractivity contribution in [1.29, 1.82) is 0 Å². The number of aromatic nitrogens is 1. The third kappa shape index (κ3) is 3.44. The van der Waals surface area contributed by atoms with E-state index >= 15 is 0 Å². The average Bonchev–Trinajstić information content (AvgIpc) is 3.21. The Morgan fingerprint density at radius 1 is 1.00 bits per heavy atom. The molecule has 1 amide bonds. The van der Waals surface area contributed by atoms with Gasteiger partial charge in [0.05, 0.1) is 0 Å². The number of carbonyl (C=O) groups is 1. The molecule has 5 heteroatoms. The maximum Gasteiger partial charge on any atom is 0.253 e. The van der Waals surface area contributed by atoms with E-state index in [0.29, 0.717) is 11.8 Å². The van der Waals surface area contributed by atoms with E-state index in [1.807, 2.05) is 4.90 Å². The largest absolute Gasteiger partial charge is 0.378 e. The summed E-state index contributed by atoms with van der Waals surface area (Å²) in [5, 5.41) is 0. The zero-order chi connectivity index (χ0) is 18.1. The molecule has 0 N–H and O–H groups in total. The second kappa shape index (κ2) is 7.08. The maximum absolute atomic E-state index is 12.6. The quantitative estimate of drug-likeness (QED) is 0.849. The molecule has 0 radical (unpaired) electrons. The standard InChI is InChI=1S/C21H26N4O/c1-23(2)20-5-3-16(4-6-20)11-24-12-18-14-25(15-19(18)13-24)21(26)17-7-9-22-10-8-17/h3-10,18-19H,11-15H2,1-2H3/t18-,19-/m0/s1. The first-order chi connectivity index (χ1) is 12.6. The lowest BCUT2D eigenvalue weighted by molar-refractivity contribution is 0.0773. The minimum absolute atomic E-state index is 0.146. The van der Waals surface area contributed by atoms with Gasteiger partial charge in [-0.2, -0.15) is 0 Å². The monoisotopic (exact) mass is 350 g/mol. The van der Waals surface area contributed by atoms with Crippen molar-refractivity contribution in [3.05, 3.63) is 59.9 Å². The van der Waals surface area contributed by atoms with Gasteiger partial charge in [0.25, 0.3) is 5.91 Å². The number of nitrogens with zero attached hydrogens (tertiary/aromatic N) is 4. The Bertz CT molecular complexity index is 745. The summed E-state index contributed by atoms with van der Waals surface area (Å²) in [7, 11) is 4.13. The van der Waals surface area contributed by atoms with Gasteiger partial charge >= 0.3 is 0 Å². The summed E-state index contributed by atoms with van der Waals surface area (Å²) in [6.07, 6.45) is 3.38. The Hall–Kier alpha value is -2.40. The van der Waals surface area contributed by atoms with Crippen molar-refractivity contribution in [2.45, 2.75) is 6.54 Å². The van der Waals surface area contributed by atoms with Gasteiger partial charge in [-0.3, -0.25) is 14.7 Å². The Kier molecular flexibility index (Phi) is 4.64. The second-order valence-electron chi connectivity index (χ2n) is 7.72. The smallest absolute Gasteiger partial charge is 0.253 e. The molecule has 0 unspecified atom stereocenters. The molecule has 2 aliphatic heterocycles. The van der Waals surface area contributed by atoms with Crippen molar-refractivity contribution in [3.63, 3.8) is 0 Å². The molecule has 2 fully saturated rings. The summed E-state index contributed by atoms with van der Waals surface area (Å²) in [6, 6.07) is 12.4. The van der Waals surface area contributed by atoms with E-state index in [1.165, 1.54) is 11.3 Å². The molecular formula is C21H26N4O. The van der Waals surface area contributed by atoms with Gasteiger partial charge in [-0.1, -0.05) is 12.1 Å². The van der Waals surface area contributed by atoms with Crippen LogP contribution in [0, 0.1) is 11.8 Å². The molecule has 1 aromatic heterocycles. The van der Waals surface area contributed by atoms with Crippen LogP contribution in [0.1, 0.15) is 15.9 Å². The average molecular weight is 350 g/mol. The highest BCUT2D eigenvalue weighted by Crippen LogP contribution is 2.32. The van der Waals surface area contributed by atoms with Gasteiger partial charge in [0.15, 0.2) is 0 Å². The highest BCUT2D eigenvalue weighted by atomic mass is 16.2. The zero-order valence-corrected chi connectivity index (χ0v) is 15.5. The Morgan fingerprint density at radius 3 is 2.19 bits per heavy atom. The highest BCUT2D eigenvalue weighted by molar-refractivity contribution is 5.94. The van der Waals surface area contributed by atoms with E-state index in [1.54, 1.807) is 24.5 Å². The van der Waals surface area contributed by atoms with E-state index < -0.39 is 0 Å². The summed E-state index contributed by atoms with van der Waals surface area (Å²) in [4.78, 5) is 23.3. The molecular weight excluding hydrogens is 324 g/mol. The van der Waals surface area contributed by atoms with Crippen LogP contribution in [0.5, 0.6) is 0 Å². The molecule has 0 saturated carbocycles. The highest BCUT2D eigenvalue weighted by Gasteiger charge is 2.41.